The lowest BCUT2D eigenvalue weighted by atomic mass is 10.2. The van der Waals surface area contributed by atoms with Crippen molar-refractivity contribution in [3.05, 3.63) is 59.0 Å². The number of carbonyl (C=O) groups excluding carboxylic acids is 1. The van der Waals surface area contributed by atoms with Crippen LogP contribution in [-0.4, -0.2) is 52.7 Å². The van der Waals surface area contributed by atoms with Crippen LogP contribution in [0.2, 0.25) is 0 Å². The summed E-state index contributed by atoms with van der Waals surface area (Å²) in [6.45, 7) is 0. The van der Waals surface area contributed by atoms with Crippen LogP contribution in [0.1, 0.15) is 0 Å². The first-order chi connectivity index (χ1) is 16.0. The van der Waals surface area contributed by atoms with E-state index >= 15 is 0 Å². The van der Waals surface area contributed by atoms with Gasteiger partial charge >= 0.3 is 0 Å². The molecule has 0 spiro atoms. The van der Waals surface area contributed by atoms with Gasteiger partial charge in [-0.05, 0) is 36.4 Å². The van der Waals surface area contributed by atoms with Crippen LogP contribution < -0.4 is 25.1 Å². The minimum absolute atomic E-state index is 0.0113. The van der Waals surface area contributed by atoms with Crippen molar-refractivity contribution in [3.63, 3.8) is 0 Å². The Morgan fingerprint density at radius 2 is 1.79 bits per heavy atom. The van der Waals surface area contributed by atoms with Gasteiger partial charge in [-0.2, -0.15) is 5.10 Å². The summed E-state index contributed by atoms with van der Waals surface area (Å²) in [6, 6.07) is 12.1. The Kier molecular flexibility index (Phi) is 6.50. The number of rotatable bonds is 8. The number of hydrogen-bond acceptors (Lipinski definition) is 8. The number of nitrogens with zero attached hydrogens (tertiary/aromatic N) is 3. The van der Waals surface area contributed by atoms with Crippen LogP contribution in [0.5, 0.6) is 17.2 Å². The van der Waals surface area contributed by atoms with E-state index in [4.69, 9.17) is 14.2 Å². The van der Waals surface area contributed by atoms with Gasteiger partial charge in [0.2, 0.25) is 5.91 Å². The number of amides is 1. The van der Waals surface area contributed by atoms with Gasteiger partial charge in [0.25, 0.3) is 5.56 Å². The van der Waals surface area contributed by atoms with E-state index in [-0.39, 0.29) is 17.2 Å². The molecule has 0 radical (unpaired) electrons. The number of H-pyrrole nitrogens is 1. The number of ether oxygens (including phenoxy) is 3. The lowest BCUT2D eigenvalue weighted by Crippen LogP contribution is -2.22. The molecular formula is C22H21N5O5S. The summed E-state index contributed by atoms with van der Waals surface area (Å²) in [5, 5.41) is 10.1. The van der Waals surface area contributed by atoms with Crippen molar-refractivity contribution < 1.29 is 19.0 Å². The number of carbonyl (C=O) groups is 1. The van der Waals surface area contributed by atoms with Crippen molar-refractivity contribution in [2.24, 2.45) is 0 Å². The van der Waals surface area contributed by atoms with Gasteiger partial charge in [-0.25, -0.2) is 4.98 Å². The number of aromatic amines is 1. The third-order valence-electron chi connectivity index (χ3n) is 4.80. The molecule has 0 aliphatic heterocycles. The number of methoxy groups -OCH3 is 3. The molecule has 1 amide bonds. The highest BCUT2D eigenvalue weighted by molar-refractivity contribution is 7.99. The summed E-state index contributed by atoms with van der Waals surface area (Å²) in [7, 11) is 4.63. The molecule has 0 bridgehead atoms. The maximum atomic E-state index is 13.1. The van der Waals surface area contributed by atoms with Crippen LogP contribution >= 0.6 is 11.8 Å². The molecule has 11 heteroatoms. The molecule has 0 aliphatic carbocycles. The standard InChI is InChI=1S/C22H21N5O5S/c1-30-14-6-4-13(5-7-14)27-21(29)16-11-23-26-20(16)25-22(27)33-12-19(28)24-17-9-8-15(31-2)10-18(17)32-3/h4-11H,12H2,1-3H3,(H,23,26)(H,24,28). The monoisotopic (exact) mass is 467 g/mol. The van der Waals surface area contributed by atoms with Crippen molar-refractivity contribution in [3.8, 4) is 22.9 Å². The number of thioether (sulfide) groups is 1. The number of nitrogens with one attached hydrogen (secondary N) is 2. The van der Waals surface area contributed by atoms with Gasteiger partial charge in [-0.15, -0.1) is 0 Å². The molecule has 10 nitrogen and oxygen atoms in total. The van der Waals surface area contributed by atoms with Gasteiger partial charge in [0.15, 0.2) is 10.8 Å². The molecule has 0 fully saturated rings. The van der Waals surface area contributed by atoms with E-state index in [0.29, 0.717) is 44.8 Å². The fraction of sp³-hybridized carbons (Fsp3) is 0.182. The fourth-order valence-corrected chi connectivity index (χ4v) is 3.95. The van der Waals surface area contributed by atoms with Gasteiger partial charge in [0.1, 0.15) is 22.6 Å². The predicted octanol–water partition coefficient (Wildman–Crippen LogP) is 2.87. The van der Waals surface area contributed by atoms with E-state index in [2.05, 4.69) is 20.5 Å². The van der Waals surface area contributed by atoms with Crippen LogP contribution in [-0.2, 0) is 4.79 Å². The first kappa shape index (κ1) is 22.2. The summed E-state index contributed by atoms with van der Waals surface area (Å²) in [5.74, 6) is 1.46. The van der Waals surface area contributed by atoms with E-state index in [1.54, 1.807) is 56.7 Å². The Morgan fingerprint density at radius 3 is 2.48 bits per heavy atom. The first-order valence-corrected chi connectivity index (χ1v) is 10.8. The highest BCUT2D eigenvalue weighted by Crippen LogP contribution is 2.29. The zero-order valence-electron chi connectivity index (χ0n) is 18.1. The number of hydrogen-bond donors (Lipinski definition) is 2. The molecule has 2 aromatic heterocycles. The molecule has 2 aromatic carbocycles. The second-order valence-electron chi connectivity index (χ2n) is 6.77. The zero-order valence-corrected chi connectivity index (χ0v) is 18.9. The Bertz CT molecular complexity index is 1350. The maximum Gasteiger partial charge on any atom is 0.269 e. The van der Waals surface area contributed by atoms with Gasteiger partial charge in [-0.1, -0.05) is 11.8 Å². The number of benzene rings is 2. The van der Waals surface area contributed by atoms with Crippen LogP contribution in [0.4, 0.5) is 5.69 Å². The molecule has 2 N–H and O–H groups in total. The molecule has 170 valence electrons. The fourth-order valence-electron chi connectivity index (χ4n) is 3.15. The molecule has 33 heavy (non-hydrogen) atoms. The second-order valence-corrected chi connectivity index (χ2v) is 7.71. The molecule has 0 atom stereocenters. The maximum absolute atomic E-state index is 13.1. The minimum atomic E-state index is -0.293. The Labute approximate surface area is 192 Å². The summed E-state index contributed by atoms with van der Waals surface area (Å²) < 4.78 is 17.1. The van der Waals surface area contributed by atoms with E-state index in [1.807, 2.05) is 0 Å². The molecule has 4 rings (SSSR count). The van der Waals surface area contributed by atoms with Crippen LogP contribution in [0.25, 0.3) is 16.7 Å². The van der Waals surface area contributed by atoms with Crippen molar-refractivity contribution in [2.45, 2.75) is 5.16 Å². The molecule has 4 aromatic rings. The van der Waals surface area contributed by atoms with Crippen molar-refractivity contribution in [1.82, 2.24) is 19.7 Å². The van der Waals surface area contributed by atoms with Crippen molar-refractivity contribution >= 4 is 34.4 Å². The third-order valence-corrected chi connectivity index (χ3v) is 5.74. The average molecular weight is 468 g/mol. The highest BCUT2D eigenvalue weighted by atomic mass is 32.2. The van der Waals surface area contributed by atoms with Gasteiger partial charge in [-0.3, -0.25) is 19.3 Å². The summed E-state index contributed by atoms with van der Waals surface area (Å²) in [4.78, 5) is 30.3. The summed E-state index contributed by atoms with van der Waals surface area (Å²) >= 11 is 1.13. The zero-order chi connectivity index (χ0) is 23.4. The van der Waals surface area contributed by atoms with Crippen molar-refractivity contribution in [1.29, 1.82) is 0 Å². The summed E-state index contributed by atoms with van der Waals surface area (Å²) in [6.07, 6.45) is 1.43. The Morgan fingerprint density at radius 1 is 1.06 bits per heavy atom. The molecule has 0 aliphatic rings. The normalized spacial score (nSPS) is 10.8. The SMILES string of the molecule is COc1ccc(-n2c(SCC(=O)Nc3ccc(OC)cc3OC)nc3[nH]ncc3c2=O)cc1. The number of anilines is 1. The average Bonchev–Trinajstić information content (AvgIpc) is 3.32. The number of aromatic nitrogens is 4. The smallest absolute Gasteiger partial charge is 0.269 e. The topological polar surface area (TPSA) is 120 Å². The highest BCUT2D eigenvalue weighted by Gasteiger charge is 2.17. The van der Waals surface area contributed by atoms with Gasteiger partial charge in [0, 0.05) is 6.07 Å². The predicted molar refractivity (Wildman–Crippen MR) is 125 cm³/mol. The number of fused-ring (bicyclic) bond motifs is 1. The van der Waals surface area contributed by atoms with Crippen LogP contribution in [0.15, 0.2) is 58.6 Å². The minimum Gasteiger partial charge on any atom is -0.497 e. The first-order valence-electron chi connectivity index (χ1n) is 9.79. The molecule has 2 heterocycles. The van der Waals surface area contributed by atoms with Crippen molar-refractivity contribution in [2.75, 3.05) is 32.4 Å². The van der Waals surface area contributed by atoms with Crippen LogP contribution in [0, 0.1) is 0 Å². The van der Waals surface area contributed by atoms with E-state index in [1.165, 1.54) is 17.9 Å². The lowest BCUT2D eigenvalue weighted by Gasteiger charge is -2.13. The Balaban J connectivity index is 1.60. The molecule has 0 unspecified atom stereocenters. The van der Waals surface area contributed by atoms with E-state index in [0.717, 1.165) is 11.8 Å². The Hall–Kier alpha value is -3.99. The lowest BCUT2D eigenvalue weighted by molar-refractivity contribution is -0.113. The van der Waals surface area contributed by atoms with Crippen LogP contribution in [0.3, 0.4) is 0 Å². The summed E-state index contributed by atoms with van der Waals surface area (Å²) in [5.41, 5.74) is 1.16. The van der Waals surface area contributed by atoms with E-state index in [9.17, 15) is 9.59 Å². The van der Waals surface area contributed by atoms with E-state index < -0.39 is 0 Å². The quantitative estimate of drug-likeness (QED) is 0.300. The molecule has 0 saturated heterocycles. The molecule has 0 saturated carbocycles. The van der Waals surface area contributed by atoms with Gasteiger partial charge in [0.05, 0.1) is 44.7 Å². The largest absolute Gasteiger partial charge is 0.497 e. The van der Waals surface area contributed by atoms with Gasteiger partial charge < -0.3 is 19.5 Å². The third kappa shape index (κ3) is 4.62. The molecular weight excluding hydrogens is 446 g/mol. The second kappa shape index (κ2) is 9.65.